The van der Waals surface area contributed by atoms with Crippen molar-refractivity contribution in [1.29, 1.82) is 0 Å². The van der Waals surface area contributed by atoms with E-state index in [4.69, 9.17) is 16.7 Å². The Morgan fingerprint density at radius 3 is 2.65 bits per heavy atom. The largest absolute Gasteiger partial charge is 0.478 e. The lowest BCUT2D eigenvalue weighted by Gasteiger charge is -2.07. The number of aromatic carboxylic acids is 1. The Balaban J connectivity index is 1.92. The molecule has 0 aliphatic heterocycles. The third-order valence-corrected chi connectivity index (χ3v) is 3.07. The monoisotopic (exact) mass is 291 g/mol. The fourth-order valence-electron chi connectivity index (χ4n) is 1.73. The number of anilines is 1. The van der Waals surface area contributed by atoms with Crippen LogP contribution in [0.15, 0.2) is 30.5 Å². The quantitative estimate of drug-likeness (QED) is 0.886. The number of carbonyl (C=O) groups is 1. The first-order chi connectivity index (χ1) is 9.56. The molecule has 2 rings (SSSR count). The van der Waals surface area contributed by atoms with Crippen molar-refractivity contribution in [3.8, 4) is 0 Å². The van der Waals surface area contributed by atoms with Gasteiger partial charge in [0.15, 0.2) is 0 Å². The topological polar surface area (TPSA) is 75.1 Å². The molecule has 0 unspecified atom stereocenters. The van der Waals surface area contributed by atoms with Gasteiger partial charge in [-0.3, -0.25) is 0 Å². The molecule has 1 aromatic carbocycles. The molecule has 0 atom stereocenters. The predicted octanol–water partition coefficient (Wildman–Crippen LogP) is 2.79. The summed E-state index contributed by atoms with van der Waals surface area (Å²) in [5.41, 5.74) is 1.72. The Morgan fingerprint density at radius 1 is 1.35 bits per heavy atom. The van der Waals surface area contributed by atoms with E-state index >= 15 is 0 Å². The van der Waals surface area contributed by atoms with Crippen molar-refractivity contribution in [1.82, 2.24) is 9.97 Å². The smallest absolute Gasteiger partial charge is 0.339 e. The number of aryl methyl sites for hydroxylation is 1. The van der Waals surface area contributed by atoms with E-state index in [9.17, 15) is 4.79 Å². The second kappa shape index (κ2) is 6.34. The summed E-state index contributed by atoms with van der Waals surface area (Å²) in [5, 5.41) is 12.7. The average molecular weight is 292 g/mol. The third-order valence-electron chi connectivity index (χ3n) is 2.82. The Kier molecular flexibility index (Phi) is 4.53. The Hall–Kier alpha value is -2.14. The van der Waals surface area contributed by atoms with Gasteiger partial charge >= 0.3 is 5.97 Å². The van der Waals surface area contributed by atoms with Gasteiger partial charge in [0.25, 0.3) is 0 Å². The predicted molar refractivity (Wildman–Crippen MR) is 77.4 cm³/mol. The summed E-state index contributed by atoms with van der Waals surface area (Å²) in [4.78, 5) is 18.9. The summed E-state index contributed by atoms with van der Waals surface area (Å²) in [7, 11) is 0. The van der Waals surface area contributed by atoms with Gasteiger partial charge in [0, 0.05) is 17.8 Å². The van der Waals surface area contributed by atoms with Crippen molar-refractivity contribution >= 4 is 23.5 Å². The minimum atomic E-state index is -1.02. The number of carboxylic acid groups (broad SMARTS) is 1. The third kappa shape index (κ3) is 3.68. The molecule has 0 fully saturated rings. The summed E-state index contributed by atoms with van der Waals surface area (Å²) in [6.45, 7) is 2.31. The minimum absolute atomic E-state index is 0.119. The number of rotatable bonds is 5. The molecule has 0 aliphatic carbocycles. The molecule has 0 bridgehead atoms. The summed E-state index contributed by atoms with van der Waals surface area (Å²) in [6, 6.07) is 7.62. The molecule has 0 saturated carbocycles. The molecule has 0 amide bonds. The molecule has 1 aromatic heterocycles. The SMILES string of the molecule is Cc1nc(NCCc2ccc(Cl)cc2)ncc1C(=O)O. The van der Waals surface area contributed by atoms with Crippen LogP contribution in [-0.2, 0) is 6.42 Å². The van der Waals surface area contributed by atoms with Gasteiger partial charge < -0.3 is 10.4 Å². The molecule has 2 aromatic rings. The summed E-state index contributed by atoms with van der Waals surface area (Å²) in [6.07, 6.45) is 2.12. The van der Waals surface area contributed by atoms with Gasteiger partial charge in [0.2, 0.25) is 5.95 Å². The van der Waals surface area contributed by atoms with Crippen molar-refractivity contribution in [2.45, 2.75) is 13.3 Å². The molecule has 0 spiro atoms. The van der Waals surface area contributed by atoms with Gasteiger partial charge in [-0.2, -0.15) is 0 Å². The number of hydrogen-bond acceptors (Lipinski definition) is 4. The highest BCUT2D eigenvalue weighted by Gasteiger charge is 2.09. The lowest BCUT2D eigenvalue weighted by atomic mass is 10.1. The Morgan fingerprint density at radius 2 is 2.05 bits per heavy atom. The number of nitrogens with one attached hydrogen (secondary N) is 1. The molecule has 0 radical (unpaired) electrons. The molecule has 2 N–H and O–H groups in total. The molecule has 0 saturated heterocycles. The van der Waals surface area contributed by atoms with Gasteiger partial charge in [-0.1, -0.05) is 23.7 Å². The highest BCUT2D eigenvalue weighted by atomic mass is 35.5. The standard InChI is InChI=1S/C14H14ClN3O2/c1-9-12(13(19)20)8-17-14(18-9)16-7-6-10-2-4-11(15)5-3-10/h2-5,8H,6-7H2,1H3,(H,19,20)(H,16,17,18). The first-order valence-corrected chi connectivity index (χ1v) is 6.49. The summed E-state index contributed by atoms with van der Waals surface area (Å²) in [5.74, 6) is -0.586. The molecule has 104 valence electrons. The number of halogens is 1. The van der Waals surface area contributed by atoms with E-state index in [1.54, 1.807) is 6.92 Å². The maximum Gasteiger partial charge on any atom is 0.339 e. The van der Waals surface area contributed by atoms with Gasteiger partial charge in [0.1, 0.15) is 0 Å². The van der Waals surface area contributed by atoms with E-state index in [0.29, 0.717) is 23.2 Å². The van der Waals surface area contributed by atoms with Crippen molar-refractivity contribution in [2.75, 3.05) is 11.9 Å². The van der Waals surface area contributed by atoms with Crippen LogP contribution in [0.1, 0.15) is 21.6 Å². The zero-order valence-corrected chi connectivity index (χ0v) is 11.7. The average Bonchev–Trinajstić information content (AvgIpc) is 2.41. The molecular weight excluding hydrogens is 278 g/mol. The van der Waals surface area contributed by atoms with Crippen LogP contribution in [0.5, 0.6) is 0 Å². The summed E-state index contributed by atoms with van der Waals surface area (Å²) >= 11 is 5.82. The van der Waals surface area contributed by atoms with E-state index in [1.807, 2.05) is 24.3 Å². The number of nitrogens with zero attached hydrogens (tertiary/aromatic N) is 2. The lowest BCUT2D eigenvalue weighted by molar-refractivity contribution is 0.0695. The van der Waals surface area contributed by atoms with Crippen LogP contribution in [0.4, 0.5) is 5.95 Å². The maximum atomic E-state index is 10.8. The highest BCUT2D eigenvalue weighted by molar-refractivity contribution is 6.30. The van der Waals surface area contributed by atoms with Crippen molar-refractivity contribution in [3.05, 3.63) is 52.3 Å². The Bertz CT molecular complexity index is 614. The van der Waals surface area contributed by atoms with Crippen LogP contribution >= 0.6 is 11.6 Å². The molecule has 5 nitrogen and oxygen atoms in total. The minimum Gasteiger partial charge on any atom is -0.478 e. The zero-order chi connectivity index (χ0) is 14.5. The van der Waals surface area contributed by atoms with Crippen LogP contribution in [-0.4, -0.2) is 27.6 Å². The van der Waals surface area contributed by atoms with Crippen molar-refractivity contribution in [3.63, 3.8) is 0 Å². The van der Waals surface area contributed by atoms with Crippen molar-refractivity contribution in [2.24, 2.45) is 0 Å². The second-order valence-corrected chi connectivity index (χ2v) is 4.74. The molecule has 0 aliphatic rings. The van der Waals surface area contributed by atoms with Crippen LogP contribution in [0.2, 0.25) is 5.02 Å². The highest BCUT2D eigenvalue weighted by Crippen LogP contribution is 2.10. The van der Waals surface area contributed by atoms with Gasteiger partial charge in [-0.25, -0.2) is 14.8 Å². The number of aromatic nitrogens is 2. The van der Waals surface area contributed by atoms with Gasteiger partial charge in [0.05, 0.1) is 11.3 Å². The van der Waals surface area contributed by atoms with E-state index < -0.39 is 5.97 Å². The summed E-state index contributed by atoms with van der Waals surface area (Å²) < 4.78 is 0. The fourth-order valence-corrected chi connectivity index (χ4v) is 1.86. The van der Waals surface area contributed by atoms with E-state index in [2.05, 4.69) is 15.3 Å². The van der Waals surface area contributed by atoms with Crippen LogP contribution in [0, 0.1) is 6.92 Å². The van der Waals surface area contributed by atoms with E-state index in [1.165, 1.54) is 6.20 Å². The molecule has 1 heterocycles. The zero-order valence-electron chi connectivity index (χ0n) is 10.9. The van der Waals surface area contributed by atoms with Crippen molar-refractivity contribution < 1.29 is 9.90 Å². The molecule has 20 heavy (non-hydrogen) atoms. The number of carboxylic acids is 1. The first-order valence-electron chi connectivity index (χ1n) is 6.11. The van der Waals surface area contributed by atoms with Gasteiger partial charge in [-0.05, 0) is 31.0 Å². The molecular formula is C14H14ClN3O2. The number of benzene rings is 1. The Labute approximate surface area is 121 Å². The second-order valence-electron chi connectivity index (χ2n) is 4.30. The molecule has 6 heteroatoms. The van der Waals surface area contributed by atoms with Crippen LogP contribution in [0.25, 0.3) is 0 Å². The van der Waals surface area contributed by atoms with Crippen LogP contribution < -0.4 is 5.32 Å². The van der Waals surface area contributed by atoms with Gasteiger partial charge in [-0.15, -0.1) is 0 Å². The number of hydrogen-bond donors (Lipinski definition) is 2. The normalized spacial score (nSPS) is 10.3. The van der Waals surface area contributed by atoms with E-state index in [0.717, 1.165) is 12.0 Å². The fraction of sp³-hybridized carbons (Fsp3) is 0.214. The van der Waals surface area contributed by atoms with Crippen LogP contribution in [0.3, 0.4) is 0 Å². The van der Waals surface area contributed by atoms with E-state index in [-0.39, 0.29) is 5.56 Å². The first kappa shape index (κ1) is 14.3. The maximum absolute atomic E-state index is 10.8. The lowest BCUT2D eigenvalue weighted by Crippen LogP contribution is -2.11.